The second-order valence-electron chi connectivity index (χ2n) is 8.43. The number of hydrogen-bond acceptors (Lipinski definition) is 8. The van der Waals surface area contributed by atoms with Crippen molar-refractivity contribution in [3.8, 4) is 11.5 Å². The minimum atomic E-state index is -4.15. The van der Waals surface area contributed by atoms with E-state index in [-0.39, 0.29) is 60.2 Å². The molecule has 2 fully saturated rings. The summed E-state index contributed by atoms with van der Waals surface area (Å²) < 4.78 is 87.3. The van der Waals surface area contributed by atoms with Crippen LogP contribution < -0.4 is 14.4 Å². The highest BCUT2D eigenvalue weighted by Crippen LogP contribution is 2.41. The SMILES string of the molecule is COc1ccc(S(=O)(=O)N2CCOC23CCN(c2cnc4cc(F)c(F)cc4n2)CC3F)cc1OC. The Balaban J connectivity index is 1.42. The lowest BCUT2D eigenvalue weighted by Gasteiger charge is -2.45. The lowest BCUT2D eigenvalue weighted by molar-refractivity contribution is -0.116. The third-order valence-electron chi connectivity index (χ3n) is 6.52. The lowest BCUT2D eigenvalue weighted by atomic mass is 9.98. The van der Waals surface area contributed by atoms with E-state index in [1.54, 1.807) is 4.90 Å². The molecule has 1 aromatic heterocycles. The summed E-state index contributed by atoms with van der Waals surface area (Å²) in [5, 5.41) is 0. The monoisotopic (exact) mass is 524 g/mol. The molecule has 9 nitrogen and oxygen atoms in total. The summed E-state index contributed by atoms with van der Waals surface area (Å²) in [6, 6.07) is 6.04. The standard InChI is InChI=1S/C23H23F3N4O5S/c1-33-19-4-3-14(9-20(19)34-2)36(31,32)30-7-8-35-23(30)5-6-29(13-21(23)26)22-12-27-17-10-15(24)16(25)11-18(17)28-22/h3-4,9-12,21H,5-8,13H2,1-2H3. The largest absolute Gasteiger partial charge is 0.493 e. The molecule has 192 valence electrons. The molecule has 3 heterocycles. The fraction of sp³-hybridized carbons (Fsp3) is 0.391. The van der Waals surface area contributed by atoms with Gasteiger partial charge in [0.15, 0.2) is 35.0 Å². The Labute approximate surface area is 205 Å². The summed E-state index contributed by atoms with van der Waals surface area (Å²) in [5.74, 6) is -1.25. The number of hydrogen-bond donors (Lipinski definition) is 0. The summed E-state index contributed by atoms with van der Waals surface area (Å²) in [6.07, 6.45) is -0.373. The number of rotatable bonds is 5. The highest BCUT2D eigenvalue weighted by atomic mass is 32.2. The van der Waals surface area contributed by atoms with E-state index in [1.807, 2.05) is 0 Å². The maximum Gasteiger partial charge on any atom is 0.245 e. The molecule has 0 amide bonds. The number of sulfonamides is 1. The van der Waals surface area contributed by atoms with Gasteiger partial charge in [-0.25, -0.2) is 26.6 Å². The lowest BCUT2D eigenvalue weighted by Crippen LogP contribution is -2.62. The minimum absolute atomic E-state index is 0.0121. The van der Waals surface area contributed by atoms with Gasteiger partial charge in [0.25, 0.3) is 0 Å². The first-order valence-electron chi connectivity index (χ1n) is 11.1. The maximum atomic E-state index is 15.8. The fourth-order valence-corrected chi connectivity index (χ4v) is 6.41. The predicted molar refractivity (Wildman–Crippen MR) is 123 cm³/mol. The van der Waals surface area contributed by atoms with E-state index >= 15 is 4.39 Å². The maximum absolute atomic E-state index is 15.8. The Bertz CT molecular complexity index is 1430. The van der Waals surface area contributed by atoms with Crippen LogP contribution in [-0.2, 0) is 14.8 Å². The van der Waals surface area contributed by atoms with Gasteiger partial charge >= 0.3 is 0 Å². The summed E-state index contributed by atoms with van der Waals surface area (Å²) in [7, 11) is -1.32. The van der Waals surface area contributed by atoms with Gasteiger partial charge in [0.2, 0.25) is 10.0 Å². The molecule has 0 saturated carbocycles. The summed E-state index contributed by atoms with van der Waals surface area (Å²) in [5.41, 5.74) is -1.41. The Hall–Kier alpha value is -3.16. The number of anilines is 1. The Morgan fingerprint density at radius 2 is 1.78 bits per heavy atom. The number of nitrogens with zero attached hydrogens (tertiary/aromatic N) is 4. The van der Waals surface area contributed by atoms with E-state index in [2.05, 4.69) is 9.97 Å². The molecule has 0 bridgehead atoms. The zero-order chi connectivity index (χ0) is 25.7. The van der Waals surface area contributed by atoms with Crippen LogP contribution in [0, 0.1) is 11.6 Å². The average Bonchev–Trinajstić information content (AvgIpc) is 3.31. The van der Waals surface area contributed by atoms with Gasteiger partial charge in [-0.1, -0.05) is 0 Å². The van der Waals surface area contributed by atoms with Gasteiger partial charge in [-0.2, -0.15) is 4.31 Å². The van der Waals surface area contributed by atoms with Crippen molar-refractivity contribution in [2.75, 3.05) is 45.4 Å². The van der Waals surface area contributed by atoms with Gasteiger partial charge in [0, 0.05) is 37.7 Å². The molecule has 0 radical (unpaired) electrons. The van der Waals surface area contributed by atoms with Crippen LogP contribution in [0.3, 0.4) is 0 Å². The fourth-order valence-electron chi connectivity index (χ4n) is 4.68. The third kappa shape index (κ3) is 3.91. The number of ether oxygens (including phenoxy) is 3. The second-order valence-corrected chi connectivity index (χ2v) is 10.3. The molecule has 5 rings (SSSR count). The van der Waals surface area contributed by atoms with Crippen LogP contribution in [-0.4, -0.2) is 75.0 Å². The molecular weight excluding hydrogens is 501 g/mol. The molecule has 0 N–H and O–H groups in total. The summed E-state index contributed by atoms with van der Waals surface area (Å²) in [6.45, 7) is -0.0185. The van der Waals surface area contributed by atoms with Crippen LogP contribution in [0.25, 0.3) is 11.0 Å². The molecular formula is C23H23F3N4O5S. The van der Waals surface area contributed by atoms with E-state index in [4.69, 9.17) is 14.2 Å². The Kier molecular flexibility index (Phi) is 6.17. The molecule has 2 aliphatic heterocycles. The molecule has 3 aromatic rings. The molecule has 2 atom stereocenters. The van der Waals surface area contributed by atoms with E-state index in [0.29, 0.717) is 5.75 Å². The number of methoxy groups -OCH3 is 2. The van der Waals surface area contributed by atoms with Crippen molar-refractivity contribution in [2.45, 2.75) is 23.2 Å². The van der Waals surface area contributed by atoms with Gasteiger partial charge in [-0.15, -0.1) is 0 Å². The molecule has 36 heavy (non-hydrogen) atoms. The minimum Gasteiger partial charge on any atom is -0.493 e. The van der Waals surface area contributed by atoms with Crippen LogP contribution in [0.2, 0.25) is 0 Å². The number of piperidine rings is 1. The van der Waals surface area contributed by atoms with Gasteiger partial charge in [0.1, 0.15) is 5.82 Å². The molecule has 2 unspecified atom stereocenters. The van der Waals surface area contributed by atoms with Crippen molar-refractivity contribution in [3.63, 3.8) is 0 Å². The highest BCUT2D eigenvalue weighted by Gasteiger charge is 2.57. The van der Waals surface area contributed by atoms with E-state index in [0.717, 1.165) is 16.4 Å². The van der Waals surface area contributed by atoms with Crippen molar-refractivity contribution in [2.24, 2.45) is 0 Å². The summed E-state index contributed by atoms with van der Waals surface area (Å²) in [4.78, 5) is 9.90. The van der Waals surface area contributed by atoms with Gasteiger partial charge in [-0.05, 0) is 12.1 Å². The Morgan fingerprint density at radius 3 is 2.47 bits per heavy atom. The van der Waals surface area contributed by atoms with Crippen molar-refractivity contribution in [1.82, 2.24) is 14.3 Å². The number of halogens is 3. The van der Waals surface area contributed by atoms with Crippen molar-refractivity contribution in [3.05, 3.63) is 48.2 Å². The van der Waals surface area contributed by atoms with Gasteiger partial charge in [-0.3, -0.25) is 4.98 Å². The number of benzene rings is 2. The Morgan fingerprint density at radius 1 is 1.06 bits per heavy atom. The van der Waals surface area contributed by atoms with Crippen molar-refractivity contribution < 1.29 is 35.8 Å². The number of alkyl halides is 1. The van der Waals surface area contributed by atoms with Crippen LogP contribution in [0.4, 0.5) is 19.0 Å². The zero-order valence-electron chi connectivity index (χ0n) is 19.4. The molecule has 13 heteroatoms. The van der Waals surface area contributed by atoms with E-state index < -0.39 is 33.6 Å². The van der Waals surface area contributed by atoms with Crippen molar-refractivity contribution >= 4 is 26.9 Å². The molecule has 1 spiro atoms. The highest BCUT2D eigenvalue weighted by molar-refractivity contribution is 7.89. The normalized spacial score (nSPS) is 22.9. The van der Waals surface area contributed by atoms with Crippen LogP contribution in [0.1, 0.15) is 6.42 Å². The van der Waals surface area contributed by atoms with Crippen LogP contribution in [0.15, 0.2) is 41.4 Å². The molecule has 2 saturated heterocycles. The predicted octanol–water partition coefficient (Wildman–Crippen LogP) is 2.89. The third-order valence-corrected chi connectivity index (χ3v) is 8.44. The van der Waals surface area contributed by atoms with Gasteiger partial charge < -0.3 is 19.1 Å². The van der Waals surface area contributed by atoms with E-state index in [1.165, 1.54) is 38.6 Å². The number of fused-ring (bicyclic) bond motifs is 1. The van der Waals surface area contributed by atoms with Crippen LogP contribution in [0.5, 0.6) is 11.5 Å². The average molecular weight is 525 g/mol. The van der Waals surface area contributed by atoms with Gasteiger partial charge in [0.05, 0.1) is 49.5 Å². The smallest absolute Gasteiger partial charge is 0.245 e. The number of aromatic nitrogens is 2. The van der Waals surface area contributed by atoms with Crippen LogP contribution >= 0.6 is 0 Å². The first-order chi connectivity index (χ1) is 17.2. The molecule has 2 aromatic carbocycles. The van der Waals surface area contributed by atoms with Crippen molar-refractivity contribution in [1.29, 1.82) is 0 Å². The molecule has 2 aliphatic rings. The first-order valence-corrected chi connectivity index (χ1v) is 12.5. The quantitative estimate of drug-likeness (QED) is 0.503. The summed E-state index contributed by atoms with van der Waals surface area (Å²) >= 11 is 0. The second kappa shape index (κ2) is 9.05. The first kappa shape index (κ1) is 24.5. The zero-order valence-corrected chi connectivity index (χ0v) is 20.3. The molecule has 0 aliphatic carbocycles. The topological polar surface area (TPSA) is 94.1 Å². The van der Waals surface area contributed by atoms with E-state index in [9.17, 15) is 17.2 Å².